The molecule has 1 atom stereocenters. The zero-order valence-corrected chi connectivity index (χ0v) is 17.5. The molecule has 154 valence electrons. The average Bonchev–Trinajstić information content (AvgIpc) is 2.84. The van der Waals surface area contributed by atoms with Crippen molar-refractivity contribution in [3.8, 4) is 0 Å². The van der Waals surface area contributed by atoms with Gasteiger partial charge in [0.1, 0.15) is 5.72 Å². The van der Waals surface area contributed by atoms with Crippen LogP contribution in [-0.2, 0) is 14.3 Å². The van der Waals surface area contributed by atoms with Crippen molar-refractivity contribution in [2.45, 2.75) is 116 Å². The smallest absolute Gasteiger partial charge is 0.305 e. The Balaban J connectivity index is 2.36. The Morgan fingerprint density at radius 3 is 2.04 bits per heavy atom. The van der Waals surface area contributed by atoms with Crippen LogP contribution in [0.4, 0.5) is 0 Å². The summed E-state index contributed by atoms with van der Waals surface area (Å²) in [5, 5.41) is 12.1. The Bertz CT molecular complexity index is 399. The Kier molecular flexibility index (Phi) is 10.7. The second-order valence-electron chi connectivity index (χ2n) is 8.37. The van der Waals surface area contributed by atoms with E-state index in [9.17, 15) is 10.0 Å². The molecule has 0 aromatic rings. The fraction of sp³-hybridized carbons (Fsp3) is 0.952. The highest BCUT2D eigenvalue weighted by Gasteiger charge is 2.50. The van der Waals surface area contributed by atoms with Crippen LogP contribution in [0.2, 0.25) is 0 Å². The van der Waals surface area contributed by atoms with Gasteiger partial charge < -0.3 is 14.7 Å². The largest absolute Gasteiger partial charge is 0.469 e. The topological polar surface area (TPSA) is 59.0 Å². The Labute approximate surface area is 160 Å². The van der Waals surface area contributed by atoms with Gasteiger partial charge in [-0.1, -0.05) is 58.3 Å². The van der Waals surface area contributed by atoms with E-state index in [0.717, 1.165) is 12.8 Å². The summed E-state index contributed by atoms with van der Waals surface area (Å²) in [6.45, 7) is 6.74. The number of methoxy groups -OCH3 is 1. The Morgan fingerprint density at radius 1 is 1.00 bits per heavy atom. The van der Waals surface area contributed by atoms with Crippen molar-refractivity contribution >= 4 is 5.97 Å². The number of hydrogen-bond acceptors (Lipinski definition) is 5. The van der Waals surface area contributed by atoms with Gasteiger partial charge in [-0.15, -0.1) is 0 Å². The van der Waals surface area contributed by atoms with Gasteiger partial charge in [0, 0.05) is 6.42 Å². The molecule has 5 heteroatoms. The normalized spacial score (nSPS) is 22.7. The lowest BCUT2D eigenvalue weighted by Crippen LogP contribution is -2.50. The Hall–Kier alpha value is -0.650. The van der Waals surface area contributed by atoms with Crippen molar-refractivity contribution in [1.29, 1.82) is 0 Å². The highest BCUT2D eigenvalue weighted by molar-refractivity contribution is 5.69. The van der Waals surface area contributed by atoms with Crippen LogP contribution in [0.25, 0.3) is 0 Å². The van der Waals surface area contributed by atoms with E-state index in [1.54, 1.807) is 0 Å². The van der Waals surface area contributed by atoms with Gasteiger partial charge in [-0.3, -0.25) is 4.79 Å². The fourth-order valence-corrected chi connectivity index (χ4v) is 3.79. The second kappa shape index (κ2) is 11.9. The van der Waals surface area contributed by atoms with Crippen LogP contribution in [0.5, 0.6) is 0 Å². The van der Waals surface area contributed by atoms with Crippen molar-refractivity contribution < 1.29 is 19.5 Å². The molecule has 0 radical (unpaired) electrons. The third kappa shape index (κ3) is 7.53. The van der Waals surface area contributed by atoms with Gasteiger partial charge >= 0.3 is 5.97 Å². The third-order valence-corrected chi connectivity index (χ3v) is 5.50. The number of rotatable bonds is 14. The molecule has 0 aromatic heterocycles. The van der Waals surface area contributed by atoms with E-state index in [4.69, 9.17) is 9.47 Å². The predicted molar refractivity (Wildman–Crippen MR) is 104 cm³/mol. The molecule has 0 bridgehead atoms. The van der Waals surface area contributed by atoms with E-state index in [1.165, 1.54) is 63.5 Å². The van der Waals surface area contributed by atoms with Crippen molar-refractivity contribution in [3.63, 3.8) is 0 Å². The summed E-state index contributed by atoms with van der Waals surface area (Å²) in [7, 11) is 1.41. The third-order valence-electron chi connectivity index (χ3n) is 5.50. The van der Waals surface area contributed by atoms with Gasteiger partial charge in [-0.25, -0.2) is 0 Å². The first kappa shape index (κ1) is 23.4. The molecule has 1 aliphatic rings. The van der Waals surface area contributed by atoms with E-state index in [1.807, 2.05) is 13.8 Å². The minimum Gasteiger partial charge on any atom is -0.469 e. The molecule has 1 fully saturated rings. The van der Waals surface area contributed by atoms with Gasteiger partial charge in [-0.2, -0.15) is 5.06 Å². The van der Waals surface area contributed by atoms with E-state index >= 15 is 0 Å². The lowest BCUT2D eigenvalue weighted by atomic mass is 9.95. The van der Waals surface area contributed by atoms with Gasteiger partial charge in [-0.05, 0) is 39.5 Å². The summed E-state index contributed by atoms with van der Waals surface area (Å²) in [4.78, 5) is 11.4. The first-order valence-corrected chi connectivity index (χ1v) is 10.6. The quantitative estimate of drug-likeness (QED) is 0.325. The summed E-state index contributed by atoms with van der Waals surface area (Å²) in [6.07, 6.45) is 14.0. The van der Waals surface area contributed by atoms with Crippen LogP contribution in [0, 0.1) is 0 Å². The summed E-state index contributed by atoms with van der Waals surface area (Å²) in [5.41, 5.74) is -1.04. The van der Waals surface area contributed by atoms with Crippen LogP contribution in [0.3, 0.4) is 0 Å². The maximum absolute atomic E-state index is 11.4. The first-order chi connectivity index (χ1) is 12.4. The fourth-order valence-electron chi connectivity index (χ4n) is 3.79. The van der Waals surface area contributed by atoms with Crippen molar-refractivity contribution in [3.05, 3.63) is 0 Å². The zero-order valence-electron chi connectivity index (χ0n) is 17.5. The van der Waals surface area contributed by atoms with Gasteiger partial charge in [0.25, 0.3) is 0 Å². The summed E-state index contributed by atoms with van der Waals surface area (Å²) < 4.78 is 10.8. The Morgan fingerprint density at radius 2 is 1.54 bits per heavy atom. The molecule has 1 heterocycles. The molecule has 0 spiro atoms. The van der Waals surface area contributed by atoms with Gasteiger partial charge in [0.2, 0.25) is 0 Å². The first-order valence-electron chi connectivity index (χ1n) is 10.6. The highest BCUT2D eigenvalue weighted by atomic mass is 16.6. The molecule has 0 amide bonds. The standard InChI is InChI=1S/C21H41NO4/c1-5-6-7-8-9-10-11-12-13-16-21(17-14-15-19(23)25-4)22(24)20(2,3)18-26-21/h24H,5-18H2,1-4H3. The maximum Gasteiger partial charge on any atom is 0.305 e. The minimum atomic E-state index is -0.654. The predicted octanol–water partition coefficient (Wildman–Crippen LogP) is 5.45. The molecule has 1 rings (SSSR count). The van der Waals surface area contributed by atoms with E-state index in [0.29, 0.717) is 25.9 Å². The van der Waals surface area contributed by atoms with Crippen LogP contribution >= 0.6 is 0 Å². The zero-order chi connectivity index (χ0) is 19.5. The summed E-state index contributed by atoms with van der Waals surface area (Å²) in [6, 6.07) is 0. The number of carbonyl (C=O) groups is 1. The number of unbranched alkanes of at least 4 members (excludes halogenated alkanes) is 8. The number of ether oxygens (including phenoxy) is 2. The van der Waals surface area contributed by atoms with Crippen molar-refractivity contribution in [1.82, 2.24) is 5.06 Å². The van der Waals surface area contributed by atoms with Crippen LogP contribution in [0.15, 0.2) is 0 Å². The SMILES string of the molecule is CCCCCCCCCCCC1(CCCC(=O)OC)OCC(C)(C)N1O. The second-order valence-corrected chi connectivity index (χ2v) is 8.37. The molecule has 1 unspecified atom stereocenters. The molecular weight excluding hydrogens is 330 g/mol. The molecular formula is C21H41NO4. The lowest BCUT2D eigenvalue weighted by Gasteiger charge is -2.37. The molecule has 26 heavy (non-hydrogen) atoms. The minimum absolute atomic E-state index is 0.204. The van der Waals surface area contributed by atoms with E-state index in [-0.39, 0.29) is 11.5 Å². The average molecular weight is 372 g/mol. The maximum atomic E-state index is 11.4. The van der Waals surface area contributed by atoms with Crippen LogP contribution in [0.1, 0.15) is 104 Å². The number of hydrogen-bond donors (Lipinski definition) is 1. The molecule has 1 aliphatic heterocycles. The molecule has 1 N–H and O–H groups in total. The molecule has 0 aromatic carbocycles. The van der Waals surface area contributed by atoms with Crippen LogP contribution in [-0.4, -0.2) is 41.2 Å². The monoisotopic (exact) mass is 371 g/mol. The van der Waals surface area contributed by atoms with E-state index < -0.39 is 5.72 Å². The molecule has 5 nitrogen and oxygen atoms in total. The molecule has 0 saturated carbocycles. The highest BCUT2D eigenvalue weighted by Crippen LogP contribution is 2.40. The van der Waals surface area contributed by atoms with Gasteiger partial charge in [0.05, 0.1) is 19.3 Å². The number of nitrogens with zero attached hydrogens (tertiary/aromatic N) is 1. The van der Waals surface area contributed by atoms with Crippen LogP contribution < -0.4 is 0 Å². The summed E-state index contributed by atoms with van der Waals surface area (Å²) >= 11 is 0. The number of hydroxylamine groups is 2. The van der Waals surface area contributed by atoms with Crippen molar-refractivity contribution in [2.24, 2.45) is 0 Å². The van der Waals surface area contributed by atoms with E-state index in [2.05, 4.69) is 6.92 Å². The summed E-state index contributed by atoms with van der Waals surface area (Å²) in [5.74, 6) is -0.204. The lowest BCUT2D eigenvalue weighted by molar-refractivity contribution is -0.256. The molecule has 1 saturated heterocycles. The molecule has 0 aliphatic carbocycles. The number of carbonyl (C=O) groups excluding carboxylic acids is 1. The van der Waals surface area contributed by atoms with Gasteiger partial charge in [0.15, 0.2) is 0 Å². The van der Waals surface area contributed by atoms with Crippen molar-refractivity contribution in [2.75, 3.05) is 13.7 Å². The number of esters is 1.